The van der Waals surface area contributed by atoms with E-state index in [1.54, 1.807) is 26.4 Å². The quantitative estimate of drug-likeness (QED) is 0.799. The molecule has 0 aliphatic rings. The number of carbonyl (C=O) groups excluding carboxylic acids is 2. The minimum atomic E-state index is -0.166. The summed E-state index contributed by atoms with van der Waals surface area (Å²) in [6.45, 7) is 3.37. The third kappa shape index (κ3) is 5.24. The van der Waals surface area contributed by atoms with Crippen LogP contribution >= 0.6 is 0 Å². The van der Waals surface area contributed by atoms with Crippen LogP contribution in [-0.2, 0) is 16.0 Å². The predicted octanol–water partition coefficient (Wildman–Crippen LogP) is 3.08. The van der Waals surface area contributed by atoms with Crippen LogP contribution in [0.25, 0.3) is 0 Å². The van der Waals surface area contributed by atoms with Crippen LogP contribution in [0.1, 0.15) is 31.0 Å². The second-order valence-corrected chi connectivity index (χ2v) is 5.96. The van der Waals surface area contributed by atoms with Gasteiger partial charge in [0.1, 0.15) is 0 Å². The SMILES string of the molecule is COc1ccc(C(C)NC(=O)Cc2ccc(NC(C)=O)cc2)cc1OC. The molecule has 6 heteroatoms. The van der Waals surface area contributed by atoms with E-state index in [-0.39, 0.29) is 24.3 Å². The molecule has 138 valence electrons. The van der Waals surface area contributed by atoms with Gasteiger partial charge in [-0.15, -0.1) is 0 Å². The first kappa shape index (κ1) is 19.3. The number of ether oxygens (including phenoxy) is 2. The number of benzene rings is 2. The Morgan fingerprint density at radius 2 is 1.65 bits per heavy atom. The summed E-state index contributed by atoms with van der Waals surface area (Å²) in [6, 6.07) is 12.6. The van der Waals surface area contributed by atoms with Gasteiger partial charge < -0.3 is 20.1 Å². The van der Waals surface area contributed by atoms with Crippen molar-refractivity contribution in [2.24, 2.45) is 0 Å². The molecular formula is C20H24N2O4. The first-order chi connectivity index (χ1) is 12.4. The summed E-state index contributed by atoms with van der Waals surface area (Å²) in [4.78, 5) is 23.3. The normalized spacial score (nSPS) is 11.4. The van der Waals surface area contributed by atoms with Gasteiger partial charge in [0.05, 0.1) is 26.7 Å². The lowest BCUT2D eigenvalue weighted by Gasteiger charge is -2.16. The Kier molecular flexibility index (Phi) is 6.60. The van der Waals surface area contributed by atoms with Crippen molar-refractivity contribution in [2.75, 3.05) is 19.5 Å². The zero-order valence-corrected chi connectivity index (χ0v) is 15.5. The van der Waals surface area contributed by atoms with Crippen LogP contribution in [0.2, 0.25) is 0 Å². The summed E-state index contributed by atoms with van der Waals surface area (Å²) in [6.07, 6.45) is 0.262. The Bertz CT molecular complexity index is 772. The fourth-order valence-corrected chi connectivity index (χ4v) is 2.59. The predicted molar refractivity (Wildman–Crippen MR) is 101 cm³/mol. The molecule has 0 heterocycles. The maximum atomic E-state index is 12.3. The van der Waals surface area contributed by atoms with Crippen molar-refractivity contribution in [3.05, 3.63) is 53.6 Å². The molecule has 2 rings (SSSR count). The summed E-state index contributed by atoms with van der Waals surface area (Å²) in [5.41, 5.74) is 2.51. The van der Waals surface area contributed by atoms with E-state index < -0.39 is 0 Å². The third-order valence-corrected chi connectivity index (χ3v) is 3.92. The Morgan fingerprint density at radius 3 is 2.23 bits per heavy atom. The Hall–Kier alpha value is -3.02. The van der Waals surface area contributed by atoms with Crippen molar-refractivity contribution in [3.63, 3.8) is 0 Å². The molecule has 2 aromatic carbocycles. The minimum Gasteiger partial charge on any atom is -0.493 e. The number of carbonyl (C=O) groups is 2. The number of rotatable bonds is 7. The maximum Gasteiger partial charge on any atom is 0.224 e. The molecule has 1 atom stereocenters. The number of amides is 2. The molecule has 0 saturated carbocycles. The third-order valence-electron chi connectivity index (χ3n) is 3.92. The molecule has 0 fully saturated rings. The monoisotopic (exact) mass is 356 g/mol. The van der Waals surface area contributed by atoms with Gasteiger partial charge in [-0.3, -0.25) is 9.59 Å². The molecule has 0 aliphatic carbocycles. The molecule has 6 nitrogen and oxygen atoms in total. The van der Waals surface area contributed by atoms with Gasteiger partial charge in [0.25, 0.3) is 0 Å². The Morgan fingerprint density at radius 1 is 1.00 bits per heavy atom. The van der Waals surface area contributed by atoms with E-state index in [9.17, 15) is 9.59 Å². The Balaban J connectivity index is 1.97. The molecule has 0 aliphatic heterocycles. The fraction of sp³-hybridized carbons (Fsp3) is 0.300. The van der Waals surface area contributed by atoms with Gasteiger partial charge in [0, 0.05) is 12.6 Å². The van der Waals surface area contributed by atoms with E-state index in [1.165, 1.54) is 6.92 Å². The highest BCUT2D eigenvalue weighted by atomic mass is 16.5. The summed E-state index contributed by atoms with van der Waals surface area (Å²) in [7, 11) is 3.16. The molecular weight excluding hydrogens is 332 g/mol. The van der Waals surface area contributed by atoms with E-state index in [0.717, 1.165) is 11.1 Å². The van der Waals surface area contributed by atoms with Crippen LogP contribution in [0.15, 0.2) is 42.5 Å². The highest BCUT2D eigenvalue weighted by Gasteiger charge is 2.13. The molecule has 2 N–H and O–H groups in total. The van der Waals surface area contributed by atoms with Crippen molar-refractivity contribution in [1.29, 1.82) is 0 Å². The lowest BCUT2D eigenvalue weighted by atomic mass is 10.1. The molecule has 1 unspecified atom stereocenters. The van der Waals surface area contributed by atoms with Crippen LogP contribution in [0.3, 0.4) is 0 Å². The molecule has 0 saturated heterocycles. The molecule has 0 aromatic heterocycles. The molecule has 2 aromatic rings. The average Bonchev–Trinajstić information content (AvgIpc) is 2.62. The Labute approximate surface area is 153 Å². The van der Waals surface area contributed by atoms with Gasteiger partial charge in [-0.1, -0.05) is 18.2 Å². The molecule has 2 amide bonds. The lowest BCUT2D eigenvalue weighted by Crippen LogP contribution is -2.28. The van der Waals surface area contributed by atoms with Crippen LogP contribution in [0.5, 0.6) is 11.5 Å². The zero-order valence-electron chi connectivity index (χ0n) is 15.5. The molecule has 26 heavy (non-hydrogen) atoms. The van der Waals surface area contributed by atoms with E-state index in [0.29, 0.717) is 17.2 Å². The minimum absolute atomic E-state index is 0.0837. The second-order valence-electron chi connectivity index (χ2n) is 5.96. The second kappa shape index (κ2) is 8.89. The van der Waals surface area contributed by atoms with E-state index >= 15 is 0 Å². The van der Waals surface area contributed by atoms with Gasteiger partial charge in [-0.25, -0.2) is 0 Å². The van der Waals surface area contributed by atoms with Gasteiger partial charge in [-0.05, 0) is 42.3 Å². The largest absolute Gasteiger partial charge is 0.493 e. The van der Waals surface area contributed by atoms with Gasteiger partial charge in [0.2, 0.25) is 11.8 Å². The summed E-state index contributed by atoms with van der Waals surface area (Å²) >= 11 is 0. The first-order valence-electron chi connectivity index (χ1n) is 8.30. The number of anilines is 1. The van der Waals surface area contributed by atoms with Crippen molar-refractivity contribution in [3.8, 4) is 11.5 Å². The van der Waals surface area contributed by atoms with Gasteiger partial charge in [0.15, 0.2) is 11.5 Å². The van der Waals surface area contributed by atoms with Crippen LogP contribution < -0.4 is 20.1 Å². The summed E-state index contributed by atoms with van der Waals surface area (Å²) < 4.78 is 10.5. The fourth-order valence-electron chi connectivity index (χ4n) is 2.59. The zero-order chi connectivity index (χ0) is 19.1. The highest BCUT2D eigenvalue weighted by Crippen LogP contribution is 2.29. The van der Waals surface area contributed by atoms with Gasteiger partial charge in [-0.2, -0.15) is 0 Å². The lowest BCUT2D eigenvalue weighted by molar-refractivity contribution is -0.121. The topological polar surface area (TPSA) is 76.7 Å². The molecule has 0 radical (unpaired) electrons. The molecule has 0 bridgehead atoms. The number of nitrogens with one attached hydrogen (secondary N) is 2. The van der Waals surface area contributed by atoms with E-state index in [4.69, 9.17) is 9.47 Å². The number of hydrogen-bond donors (Lipinski definition) is 2. The summed E-state index contributed by atoms with van der Waals surface area (Å²) in [5, 5.41) is 5.67. The van der Waals surface area contributed by atoms with Crippen molar-refractivity contribution in [1.82, 2.24) is 5.32 Å². The van der Waals surface area contributed by atoms with Gasteiger partial charge >= 0.3 is 0 Å². The van der Waals surface area contributed by atoms with Crippen LogP contribution in [-0.4, -0.2) is 26.0 Å². The summed E-state index contributed by atoms with van der Waals surface area (Å²) in [5.74, 6) is 1.06. The van der Waals surface area contributed by atoms with Crippen molar-refractivity contribution < 1.29 is 19.1 Å². The van der Waals surface area contributed by atoms with Crippen molar-refractivity contribution in [2.45, 2.75) is 26.3 Å². The standard InChI is InChI=1S/C20H24N2O4/c1-13(16-7-10-18(25-3)19(12-16)26-4)21-20(24)11-15-5-8-17(9-6-15)22-14(2)23/h5-10,12-13H,11H2,1-4H3,(H,21,24)(H,22,23). The van der Waals surface area contributed by atoms with Crippen LogP contribution in [0.4, 0.5) is 5.69 Å². The number of hydrogen-bond acceptors (Lipinski definition) is 4. The smallest absolute Gasteiger partial charge is 0.224 e. The molecule has 0 spiro atoms. The van der Waals surface area contributed by atoms with Crippen molar-refractivity contribution >= 4 is 17.5 Å². The first-order valence-corrected chi connectivity index (χ1v) is 8.30. The van der Waals surface area contributed by atoms with E-state index in [1.807, 2.05) is 37.3 Å². The maximum absolute atomic E-state index is 12.3. The average molecular weight is 356 g/mol. The highest BCUT2D eigenvalue weighted by molar-refractivity contribution is 5.88. The van der Waals surface area contributed by atoms with E-state index in [2.05, 4.69) is 10.6 Å². The number of methoxy groups -OCH3 is 2. The van der Waals surface area contributed by atoms with Crippen LogP contribution in [0, 0.1) is 0 Å².